The summed E-state index contributed by atoms with van der Waals surface area (Å²) in [5.74, 6) is 1.37. The Balaban J connectivity index is 1.42. The second kappa shape index (κ2) is 7.62. The van der Waals surface area contributed by atoms with Gasteiger partial charge in [-0.3, -0.25) is 4.90 Å². The van der Waals surface area contributed by atoms with Crippen LogP contribution in [-0.4, -0.2) is 50.8 Å². The van der Waals surface area contributed by atoms with Gasteiger partial charge in [0.15, 0.2) is 5.82 Å². The first-order chi connectivity index (χ1) is 13.1. The zero-order valence-electron chi connectivity index (χ0n) is 15.0. The molecule has 2 aromatic heterocycles. The highest BCUT2D eigenvalue weighted by Gasteiger charge is 2.20. The van der Waals surface area contributed by atoms with E-state index in [-0.39, 0.29) is 5.82 Å². The minimum absolute atomic E-state index is 0.250. The molecule has 0 bridgehead atoms. The molecule has 0 amide bonds. The first-order valence-electron chi connectivity index (χ1n) is 8.85. The Bertz CT molecular complexity index is 915. The average Bonchev–Trinajstić information content (AvgIpc) is 3.12. The lowest BCUT2D eigenvalue weighted by Gasteiger charge is -2.35. The second-order valence-electron chi connectivity index (χ2n) is 6.60. The smallest absolute Gasteiger partial charge is 0.158 e. The predicted octanol–water partition coefficient (Wildman–Crippen LogP) is 3.09. The topological polar surface area (TPSA) is 50.1 Å². The first-order valence-corrected chi connectivity index (χ1v) is 9.23. The molecule has 1 saturated heterocycles. The maximum absolute atomic E-state index is 14.0. The van der Waals surface area contributed by atoms with E-state index < -0.39 is 0 Å². The van der Waals surface area contributed by atoms with Crippen molar-refractivity contribution in [3.8, 4) is 5.82 Å². The van der Waals surface area contributed by atoms with E-state index in [1.165, 1.54) is 6.07 Å². The Morgan fingerprint density at radius 1 is 1.07 bits per heavy atom. The molecule has 1 aliphatic heterocycles. The number of hydrogen-bond acceptors (Lipinski definition) is 5. The summed E-state index contributed by atoms with van der Waals surface area (Å²) < 4.78 is 15.8. The Morgan fingerprint density at radius 2 is 1.85 bits per heavy atom. The predicted molar refractivity (Wildman–Crippen MR) is 103 cm³/mol. The van der Waals surface area contributed by atoms with Gasteiger partial charge in [-0.25, -0.2) is 19.0 Å². The lowest BCUT2D eigenvalue weighted by molar-refractivity contribution is 0.246. The molecule has 3 aromatic rings. The maximum Gasteiger partial charge on any atom is 0.158 e. The van der Waals surface area contributed by atoms with Crippen LogP contribution in [0.25, 0.3) is 5.82 Å². The van der Waals surface area contributed by atoms with Crippen LogP contribution in [0.1, 0.15) is 11.3 Å². The molecule has 1 fully saturated rings. The largest absolute Gasteiger partial charge is 0.354 e. The molecule has 0 saturated carbocycles. The van der Waals surface area contributed by atoms with Crippen LogP contribution in [0.5, 0.6) is 0 Å². The van der Waals surface area contributed by atoms with Gasteiger partial charge in [-0.2, -0.15) is 5.10 Å². The van der Waals surface area contributed by atoms with Gasteiger partial charge in [-0.1, -0.05) is 17.7 Å². The molecule has 0 spiro atoms. The van der Waals surface area contributed by atoms with Crippen molar-refractivity contribution in [3.05, 3.63) is 65.0 Å². The maximum atomic E-state index is 14.0. The second-order valence-corrected chi connectivity index (χ2v) is 7.01. The van der Waals surface area contributed by atoms with Crippen LogP contribution in [0.2, 0.25) is 5.02 Å². The third-order valence-electron chi connectivity index (χ3n) is 4.74. The molecule has 27 heavy (non-hydrogen) atoms. The quantitative estimate of drug-likeness (QED) is 0.689. The Morgan fingerprint density at radius 3 is 2.56 bits per heavy atom. The molecule has 0 unspecified atom stereocenters. The van der Waals surface area contributed by atoms with Crippen molar-refractivity contribution >= 4 is 17.4 Å². The highest BCUT2D eigenvalue weighted by molar-refractivity contribution is 6.31. The Kier molecular flexibility index (Phi) is 5.05. The number of nitrogens with zero attached hydrogens (tertiary/aromatic N) is 6. The third-order valence-corrected chi connectivity index (χ3v) is 5.09. The normalized spacial score (nSPS) is 15.3. The van der Waals surface area contributed by atoms with Crippen LogP contribution in [-0.2, 0) is 6.54 Å². The molecule has 0 N–H and O–H groups in total. The first kappa shape index (κ1) is 17.9. The summed E-state index contributed by atoms with van der Waals surface area (Å²) in [6, 6.07) is 8.70. The van der Waals surface area contributed by atoms with Gasteiger partial charge in [0.1, 0.15) is 18.0 Å². The van der Waals surface area contributed by atoms with Crippen molar-refractivity contribution in [2.75, 3.05) is 31.1 Å². The molecule has 4 rings (SSSR count). The molecule has 3 heterocycles. The fourth-order valence-corrected chi connectivity index (χ4v) is 3.44. The molecule has 0 atom stereocenters. The SMILES string of the molecule is Cc1ccn(-c2cc(N3CCN(Cc4c(F)cccc4Cl)CC3)ncn2)n1. The van der Waals surface area contributed by atoms with Gasteiger partial charge in [0.2, 0.25) is 0 Å². The van der Waals surface area contributed by atoms with Crippen LogP contribution in [0, 0.1) is 12.7 Å². The van der Waals surface area contributed by atoms with E-state index in [9.17, 15) is 4.39 Å². The average molecular weight is 387 g/mol. The van der Waals surface area contributed by atoms with Gasteiger partial charge in [0, 0.05) is 55.6 Å². The molecular formula is C19H20ClFN6. The van der Waals surface area contributed by atoms with E-state index in [0.29, 0.717) is 17.1 Å². The summed E-state index contributed by atoms with van der Waals surface area (Å²) in [6.45, 7) is 5.69. The van der Waals surface area contributed by atoms with Gasteiger partial charge >= 0.3 is 0 Å². The summed E-state index contributed by atoms with van der Waals surface area (Å²) in [6.07, 6.45) is 3.45. The molecule has 1 aliphatic rings. The van der Waals surface area contributed by atoms with E-state index >= 15 is 0 Å². The zero-order valence-corrected chi connectivity index (χ0v) is 15.8. The van der Waals surface area contributed by atoms with Gasteiger partial charge in [-0.05, 0) is 25.1 Å². The summed E-state index contributed by atoms with van der Waals surface area (Å²) in [7, 11) is 0. The van der Waals surface area contributed by atoms with Crippen LogP contribution < -0.4 is 4.90 Å². The van der Waals surface area contributed by atoms with Crippen molar-refractivity contribution in [2.45, 2.75) is 13.5 Å². The number of piperazine rings is 1. The van der Waals surface area contributed by atoms with Crippen molar-refractivity contribution in [2.24, 2.45) is 0 Å². The molecule has 140 valence electrons. The molecule has 0 radical (unpaired) electrons. The lowest BCUT2D eigenvalue weighted by atomic mass is 10.2. The highest BCUT2D eigenvalue weighted by Crippen LogP contribution is 2.22. The third kappa shape index (κ3) is 3.94. The van der Waals surface area contributed by atoms with Gasteiger partial charge < -0.3 is 4.90 Å². The summed E-state index contributed by atoms with van der Waals surface area (Å²) in [5.41, 5.74) is 1.50. The number of aromatic nitrogens is 4. The Hall–Kier alpha value is -2.51. The fourth-order valence-electron chi connectivity index (χ4n) is 3.22. The molecular weight excluding hydrogens is 367 g/mol. The van der Waals surface area contributed by atoms with Crippen molar-refractivity contribution in [1.82, 2.24) is 24.6 Å². The van der Waals surface area contributed by atoms with E-state index in [2.05, 4.69) is 24.9 Å². The molecule has 6 nitrogen and oxygen atoms in total. The number of aryl methyl sites for hydroxylation is 1. The summed E-state index contributed by atoms with van der Waals surface area (Å²) >= 11 is 6.15. The van der Waals surface area contributed by atoms with E-state index in [1.807, 2.05) is 25.3 Å². The number of anilines is 1. The highest BCUT2D eigenvalue weighted by atomic mass is 35.5. The van der Waals surface area contributed by atoms with Crippen LogP contribution in [0.4, 0.5) is 10.2 Å². The zero-order chi connectivity index (χ0) is 18.8. The molecule has 8 heteroatoms. The molecule has 0 aliphatic carbocycles. The van der Waals surface area contributed by atoms with E-state index in [1.54, 1.807) is 23.1 Å². The van der Waals surface area contributed by atoms with Crippen molar-refractivity contribution in [1.29, 1.82) is 0 Å². The standard InChI is InChI=1S/C19H20ClFN6/c1-14-5-6-27(24-14)19-11-18(22-13-23-19)26-9-7-25(8-10-26)12-15-16(20)3-2-4-17(15)21/h2-6,11,13H,7-10,12H2,1H3. The summed E-state index contributed by atoms with van der Waals surface area (Å²) in [4.78, 5) is 13.1. The van der Waals surface area contributed by atoms with Gasteiger partial charge in [-0.15, -0.1) is 0 Å². The van der Waals surface area contributed by atoms with Crippen LogP contribution >= 0.6 is 11.6 Å². The fraction of sp³-hybridized carbons (Fsp3) is 0.316. The van der Waals surface area contributed by atoms with Crippen molar-refractivity contribution in [3.63, 3.8) is 0 Å². The minimum Gasteiger partial charge on any atom is -0.354 e. The minimum atomic E-state index is -0.250. The number of halogens is 2. The number of rotatable bonds is 4. The summed E-state index contributed by atoms with van der Waals surface area (Å²) in [5, 5.41) is 4.87. The Labute approximate surface area is 162 Å². The van der Waals surface area contributed by atoms with Crippen molar-refractivity contribution < 1.29 is 4.39 Å². The molecule has 1 aromatic carbocycles. The number of hydrogen-bond donors (Lipinski definition) is 0. The van der Waals surface area contributed by atoms with Gasteiger partial charge in [0.25, 0.3) is 0 Å². The van der Waals surface area contributed by atoms with Crippen LogP contribution in [0.15, 0.2) is 42.9 Å². The monoisotopic (exact) mass is 386 g/mol. The van der Waals surface area contributed by atoms with E-state index in [0.717, 1.165) is 43.5 Å². The number of benzene rings is 1. The van der Waals surface area contributed by atoms with Crippen LogP contribution in [0.3, 0.4) is 0 Å². The lowest BCUT2D eigenvalue weighted by Crippen LogP contribution is -2.46. The van der Waals surface area contributed by atoms with E-state index in [4.69, 9.17) is 11.6 Å². The van der Waals surface area contributed by atoms with Gasteiger partial charge in [0.05, 0.1) is 5.69 Å².